The molecule has 0 atom stereocenters. The Balaban J connectivity index is 2.35. The van der Waals surface area contributed by atoms with Crippen molar-refractivity contribution in [3.63, 3.8) is 0 Å². The fourth-order valence-electron chi connectivity index (χ4n) is 4.03. The predicted molar refractivity (Wildman–Crippen MR) is 103 cm³/mol. The van der Waals surface area contributed by atoms with Crippen molar-refractivity contribution in [3.05, 3.63) is 52.1 Å². The summed E-state index contributed by atoms with van der Waals surface area (Å²) < 4.78 is 29.2. The minimum atomic E-state index is -0.960. The van der Waals surface area contributed by atoms with Crippen LogP contribution in [0.4, 0.5) is 8.78 Å². The largest absolute Gasteiger partial charge is 0.504 e. The molecule has 0 heterocycles. The molecule has 0 bridgehead atoms. The summed E-state index contributed by atoms with van der Waals surface area (Å²) in [5.41, 5.74) is 2.94. The van der Waals surface area contributed by atoms with Crippen molar-refractivity contribution in [2.24, 2.45) is 5.16 Å². The quantitative estimate of drug-likeness (QED) is 0.397. The summed E-state index contributed by atoms with van der Waals surface area (Å²) in [4.78, 5) is 0. The minimum absolute atomic E-state index is 0.00855. The molecule has 0 spiro atoms. The molecule has 2 aromatic carbocycles. The Morgan fingerprint density at radius 3 is 2.11 bits per heavy atom. The van der Waals surface area contributed by atoms with E-state index < -0.39 is 17.4 Å². The van der Waals surface area contributed by atoms with E-state index in [2.05, 4.69) is 32.9 Å². The van der Waals surface area contributed by atoms with Gasteiger partial charge in [-0.1, -0.05) is 38.9 Å². The second-order valence-electron chi connectivity index (χ2n) is 8.71. The van der Waals surface area contributed by atoms with Gasteiger partial charge in [0, 0.05) is 5.56 Å². The zero-order chi connectivity index (χ0) is 20.1. The van der Waals surface area contributed by atoms with Gasteiger partial charge < -0.3 is 10.3 Å². The van der Waals surface area contributed by atoms with Crippen LogP contribution in [0.25, 0.3) is 11.1 Å². The van der Waals surface area contributed by atoms with Gasteiger partial charge >= 0.3 is 0 Å². The molecule has 0 aromatic heterocycles. The summed E-state index contributed by atoms with van der Waals surface area (Å²) in [6.07, 6.45) is 2.85. The van der Waals surface area contributed by atoms with E-state index in [9.17, 15) is 9.50 Å². The predicted octanol–water partition coefficient (Wildman–Crippen LogP) is 5.80. The van der Waals surface area contributed by atoms with Gasteiger partial charge in [-0.25, -0.2) is 8.78 Å². The number of aromatic hydroxyl groups is 1. The Hall–Kier alpha value is -2.43. The molecule has 144 valence electrons. The first-order chi connectivity index (χ1) is 12.5. The third kappa shape index (κ3) is 3.09. The van der Waals surface area contributed by atoms with Crippen molar-refractivity contribution in [1.29, 1.82) is 0 Å². The molecule has 0 saturated carbocycles. The molecular formula is C22H25F2NO2. The van der Waals surface area contributed by atoms with Crippen molar-refractivity contribution in [2.75, 3.05) is 0 Å². The fourth-order valence-corrected chi connectivity index (χ4v) is 4.03. The number of hydrogen-bond donors (Lipinski definition) is 2. The third-order valence-corrected chi connectivity index (χ3v) is 5.88. The number of hydrogen-bond acceptors (Lipinski definition) is 3. The Morgan fingerprint density at radius 2 is 1.56 bits per heavy atom. The molecule has 2 aromatic rings. The van der Waals surface area contributed by atoms with E-state index in [0.29, 0.717) is 5.56 Å². The van der Waals surface area contributed by atoms with Crippen molar-refractivity contribution >= 4 is 6.21 Å². The van der Waals surface area contributed by atoms with E-state index in [4.69, 9.17) is 5.21 Å². The van der Waals surface area contributed by atoms with E-state index in [1.807, 2.05) is 19.1 Å². The fraction of sp³-hybridized carbons (Fsp3) is 0.409. The molecule has 3 nitrogen and oxygen atoms in total. The molecule has 0 radical (unpaired) electrons. The first-order valence-electron chi connectivity index (χ1n) is 9.04. The molecule has 0 amide bonds. The molecular weight excluding hydrogens is 348 g/mol. The number of halogens is 2. The van der Waals surface area contributed by atoms with E-state index in [0.717, 1.165) is 36.2 Å². The number of oxime groups is 1. The van der Waals surface area contributed by atoms with E-state index in [1.165, 1.54) is 5.56 Å². The number of rotatable bonds is 2. The number of fused-ring (bicyclic) bond motifs is 1. The van der Waals surface area contributed by atoms with Crippen LogP contribution < -0.4 is 0 Å². The molecule has 27 heavy (non-hydrogen) atoms. The van der Waals surface area contributed by atoms with Crippen LogP contribution in [0, 0.1) is 18.6 Å². The molecule has 3 rings (SSSR count). The maximum atomic E-state index is 15.0. The van der Waals surface area contributed by atoms with Gasteiger partial charge in [-0.05, 0) is 65.0 Å². The maximum Gasteiger partial charge on any atom is 0.166 e. The SMILES string of the molecule is Cc1cc2c(cc1-c1c(O)c(F)cc(C=NO)c1F)C(C)(C)CCC2(C)C. The summed E-state index contributed by atoms with van der Waals surface area (Å²) in [5.74, 6) is -2.51. The molecule has 1 aliphatic carbocycles. The average molecular weight is 373 g/mol. The van der Waals surface area contributed by atoms with Crippen LogP contribution in [-0.4, -0.2) is 16.5 Å². The van der Waals surface area contributed by atoms with Crippen molar-refractivity contribution < 1.29 is 19.1 Å². The smallest absolute Gasteiger partial charge is 0.166 e. The van der Waals surface area contributed by atoms with Crippen LogP contribution in [0.3, 0.4) is 0 Å². The van der Waals surface area contributed by atoms with Gasteiger partial charge in [0.2, 0.25) is 0 Å². The molecule has 0 saturated heterocycles. The zero-order valence-electron chi connectivity index (χ0n) is 16.3. The first kappa shape index (κ1) is 19.3. The van der Waals surface area contributed by atoms with E-state index in [-0.39, 0.29) is 22.0 Å². The molecule has 0 unspecified atom stereocenters. The monoisotopic (exact) mass is 373 g/mol. The van der Waals surface area contributed by atoms with E-state index >= 15 is 4.39 Å². The molecule has 0 aliphatic heterocycles. The van der Waals surface area contributed by atoms with Crippen LogP contribution in [0.5, 0.6) is 5.75 Å². The van der Waals surface area contributed by atoms with Gasteiger partial charge in [0.1, 0.15) is 5.82 Å². The Morgan fingerprint density at radius 1 is 1.00 bits per heavy atom. The highest BCUT2D eigenvalue weighted by Crippen LogP contribution is 2.48. The lowest BCUT2D eigenvalue weighted by Gasteiger charge is -2.42. The number of benzene rings is 2. The van der Waals surface area contributed by atoms with Crippen LogP contribution in [-0.2, 0) is 10.8 Å². The van der Waals surface area contributed by atoms with Gasteiger partial charge in [0.15, 0.2) is 11.6 Å². The average Bonchev–Trinajstić information content (AvgIpc) is 2.58. The number of nitrogens with zero attached hydrogens (tertiary/aromatic N) is 1. The summed E-state index contributed by atoms with van der Waals surface area (Å²) in [7, 11) is 0. The van der Waals surface area contributed by atoms with E-state index in [1.54, 1.807) is 0 Å². The van der Waals surface area contributed by atoms with Gasteiger partial charge in [-0.15, -0.1) is 0 Å². The summed E-state index contributed by atoms with van der Waals surface area (Å²) in [6, 6.07) is 4.72. The number of aryl methyl sites for hydroxylation is 1. The first-order valence-corrected chi connectivity index (χ1v) is 9.04. The molecule has 0 fully saturated rings. The van der Waals surface area contributed by atoms with Crippen molar-refractivity contribution in [2.45, 2.75) is 58.3 Å². The van der Waals surface area contributed by atoms with Gasteiger partial charge in [-0.3, -0.25) is 0 Å². The maximum absolute atomic E-state index is 15.0. The lowest BCUT2D eigenvalue weighted by atomic mass is 9.62. The molecule has 5 heteroatoms. The van der Waals surface area contributed by atoms with Crippen molar-refractivity contribution in [1.82, 2.24) is 0 Å². The zero-order valence-corrected chi connectivity index (χ0v) is 16.3. The van der Waals surface area contributed by atoms with Crippen LogP contribution in [0.15, 0.2) is 23.4 Å². The number of phenolic OH excluding ortho intramolecular Hbond substituents is 1. The van der Waals surface area contributed by atoms with Crippen molar-refractivity contribution in [3.8, 4) is 16.9 Å². The Bertz CT molecular complexity index is 946. The van der Waals surface area contributed by atoms with Gasteiger partial charge in [0.25, 0.3) is 0 Å². The Labute approximate surface area is 158 Å². The normalized spacial score (nSPS) is 17.9. The standard InChI is InChI=1S/C22H25F2NO2/c1-12-8-15-16(22(4,5)7-6-21(15,2)3)10-14(12)18-19(24)13(11-25-27)9-17(23)20(18)26/h8-11,26-27H,6-7H2,1-5H3. The lowest BCUT2D eigenvalue weighted by Crippen LogP contribution is -2.34. The second-order valence-corrected chi connectivity index (χ2v) is 8.71. The van der Waals surface area contributed by atoms with Crippen LogP contribution in [0.2, 0.25) is 0 Å². The van der Waals surface area contributed by atoms with Crippen LogP contribution in [0.1, 0.15) is 62.8 Å². The highest BCUT2D eigenvalue weighted by Gasteiger charge is 2.38. The molecule has 1 aliphatic rings. The lowest BCUT2D eigenvalue weighted by molar-refractivity contribution is 0.321. The summed E-state index contributed by atoms with van der Waals surface area (Å²) in [5, 5.41) is 21.8. The minimum Gasteiger partial charge on any atom is -0.504 e. The summed E-state index contributed by atoms with van der Waals surface area (Å²) in [6.45, 7) is 10.5. The van der Waals surface area contributed by atoms with Gasteiger partial charge in [0.05, 0.1) is 11.8 Å². The topological polar surface area (TPSA) is 52.8 Å². The molecule has 2 N–H and O–H groups in total. The Kier molecular flexibility index (Phi) is 4.53. The third-order valence-electron chi connectivity index (χ3n) is 5.88. The summed E-state index contributed by atoms with van der Waals surface area (Å²) >= 11 is 0. The van der Waals surface area contributed by atoms with Crippen LogP contribution >= 0.6 is 0 Å². The highest BCUT2D eigenvalue weighted by molar-refractivity contribution is 5.86. The van der Waals surface area contributed by atoms with Gasteiger partial charge in [-0.2, -0.15) is 0 Å². The highest BCUT2D eigenvalue weighted by atomic mass is 19.1. The number of phenols is 1. The second kappa shape index (κ2) is 6.32.